The van der Waals surface area contributed by atoms with Gasteiger partial charge in [-0.3, -0.25) is 9.69 Å². The van der Waals surface area contributed by atoms with Crippen LogP contribution < -0.4 is 11.1 Å². The van der Waals surface area contributed by atoms with E-state index >= 15 is 0 Å². The molecular weight excluding hydrogens is 442 g/mol. The quantitative estimate of drug-likeness (QED) is 0.304. The average Bonchev–Trinajstić information content (AvgIpc) is 3.15. The number of benzene rings is 2. The average molecular weight is 468 g/mol. The number of amides is 1. The molecule has 4 rings (SSSR count). The molecule has 2 aromatic carbocycles. The smallest absolute Gasteiger partial charge is 0.341 e. The van der Waals surface area contributed by atoms with Crippen LogP contribution in [0.1, 0.15) is 26.4 Å². The van der Waals surface area contributed by atoms with Gasteiger partial charge in [0.1, 0.15) is 5.00 Å². The number of carbonyl (C=O) groups excluding carboxylic acids is 2. The van der Waals surface area contributed by atoms with Crippen molar-refractivity contribution in [2.45, 2.75) is 24.4 Å². The van der Waals surface area contributed by atoms with Gasteiger partial charge in [-0.1, -0.05) is 30.3 Å². The lowest BCUT2D eigenvalue weighted by atomic mass is 10.0. The zero-order valence-electron chi connectivity index (χ0n) is 17.8. The monoisotopic (exact) mass is 467 g/mol. The summed E-state index contributed by atoms with van der Waals surface area (Å²) in [6, 6.07) is 17.7. The number of nitrogens with two attached hydrogens (primary N) is 1. The van der Waals surface area contributed by atoms with Gasteiger partial charge in [-0.05, 0) is 41.8 Å². The van der Waals surface area contributed by atoms with Crippen LogP contribution in [0, 0.1) is 0 Å². The van der Waals surface area contributed by atoms with Crippen molar-refractivity contribution < 1.29 is 14.3 Å². The number of esters is 1. The molecule has 1 aromatic heterocycles. The molecule has 3 aromatic rings. The molecule has 3 N–H and O–H groups in total. The Morgan fingerprint density at radius 3 is 2.62 bits per heavy atom. The molecule has 1 aliphatic rings. The number of carbonyl (C=O) groups is 2. The van der Waals surface area contributed by atoms with Crippen LogP contribution in [0.2, 0.25) is 0 Å². The first-order valence-electron chi connectivity index (χ1n) is 10.3. The van der Waals surface area contributed by atoms with Gasteiger partial charge < -0.3 is 15.8 Å². The van der Waals surface area contributed by atoms with Crippen LogP contribution in [0.3, 0.4) is 0 Å². The van der Waals surface area contributed by atoms with E-state index in [1.165, 1.54) is 35.8 Å². The van der Waals surface area contributed by atoms with Crippen molar-refractivity contribution in [2.24, 2.45) is 0 Å². The van der Waals surface area contributed by atoms with Gasteiger partial charge in [0.25, 0.3) is 0 Å². The first-order chi connectivity index (χ1) is 15.5. The SMILES string of the molecule is COC(=O)c1c(NC(=O)CSc2ccc(N)cc2)sc2c1CCN(Cc1ccccc1)C2. The van der Waals surface area contributed by atoms with E-state index in [0.29, 0.717) is 16.3 Å². The summed E-state index contributed by atoms with van der Waals surface area (Å²) in [5, 5.41) is 3.52. The van der Waals surface area contributed by atoms with E-state index in [4.69, 9.17) is 10.5 Å². The molecule has 6 nitrogen and oxygen atoms in total. The first kappa shape index (κ1) is 22.4. The maximum Gasteiger partial charge on any atom is 0.341 e. The number of hydrogen-bond acceptors (Lipinski definition) is 7. The third-order valence-electron chi connectivity index (χ3n) is 5.28. The lowest BCUT2D eigenvalue weighted by Crippen LogP contribution is -2.29. The molecular formula is C24H25N3O3S2. The number of hydrogen-bond donors (Lipinski definition) is 2. The number of thioether (sulfide) groups is 1. The van der Waals surface area contributed by atoms with Crippen molar-refractivity contribution in [3.63, 3.8) is 0 Å². The molecule has 0 spiro atoms. The van der Waals surface area contributed by atoms with Crippen LogP contribution >= 0.6 is 23.1 Å². The predicted molar refractivity (Wildman–Crippen MR) is 130 cm³/mol. The highest BCUT2D eigenvalue weighted by Crippen LogP contribution is 2.38. The molecule has 0 radical (unpaired) electrons. The van der Waals surface area contributed by atoms with Gasteiger partial charge in [-0.25, -0.2) is 4.79 Å². The summed E-state index contributed by atoms with van der Waals surface area (Å²) in [4.78, 5) is 29.6. The molecule has 2 heterocycles. The molecule has 0 fully saturated rings. The Bertz CT molecular complexity index is 1100. The van der Waals surface area contributed by atoms with Crippen LogP contribution in [0.5, 0.6) is 0 Å². The molecule has 166 valence electrons. The van der Waals surface area contributed by atoms with E-state index < -0.39 is 5.97 Å². The van der Waals surface area contributed by atoms with Crippen LogP contribution in [0.15, 0.2) is 59.5 Å². The molecule has 8 heteroatoms. The summed E-state index contributed by atoms with van der Waals surface area (Å²) in [5.74, 6) is -0.315. The number of anilines is 2. The van der Waals surface area contributed by atoms with E-state index in [1.807, 2.05) is 42.5 Å². The van der Waals surface area contributed by atoms with Gasteiger partial charge in [-0.15, -0.1) is 23.1 Å². The normalized spacial score (nSPS) is 13.4. The number of thiophene rings is 1. The molecule has 0 saturated carbocycles. The predicted octanol–water partition coefficient (Wildman–Crippen LogP) is 4.41. The summed E-state index contributed by atoms with van der Waals surface area (Å²) >= 11 is 2.90. The number of fused-ring (bicyclic) bond motifs is 1. The Morgan fingerprint density at radius 2 is 1.91 bits per heavy atom. The van der Waals surface area contributed by atoms with Crippen molar-refractivity contribution >= 4 is 45.7 Å². The Balaban J connectivity index is 1.46. The maximum atomic E-state index is 12.6. The standard InChI is InChI=1S/C24H25N3O3S2/c1-30-24(29)22-19-11-12-27(13-16-5-3-2-4-6-16)14-20(19)32-23(22)26-21(28)15-31-18-9-7-17(25)8-10-18/h2-10H,11-15,25H2,1H3,(H,26,28). The van der Waals surface area contributed by atoms with Crippen molar-refractivity contribution in [3.05, 3.63) is 76.2 Å². The zero-order valence-corrected chi connectivity index (χ0v) is 19.4. The molecule has 0 unspecified atom stereocenters. The summed E-state index contributed by atoms with van der Waals surface area (Å²) < 4.78 is 5.03. The second-order valence-corrected chi connectivity index (χ2v) is 9.71. The van der Waals surface area contributed by atoms with Crippen LogP contribution in [-0.2, 0) is 29.0 Å². The van der Waals surface area contributed by atoms with E-state index in [9.17, 15) is 9.59 Å². The molecule has 1 amide bonds. The Hall–Kier alpha value is -2.81. The Kier molecular flexibility index (Phi) is 7.14. The summed E-state index contributed by atoms with van der Waals surface area (Å²) in [6.45, 7) is 2.45. The minimum atomic E-state index is -0.402. The third kappa shape index (κ3) is 5.32. The number of nitrogens with one attached hydrogen (secondary N) is 1. The zero-order chi connectivity index (χ0) is 22.5. The number of methoxy groups -OCH3 is 1. The maximum absolute atomic E-state index is 12.6. The van der Waals surface area contributed by atoms with Gasteiger partial charge in [0, 0.05) is 35.1 Å². The van der Waals surface area contributed by atoms with Crippen LogP contribution in [0.4, 0.5) is 10.7 Å². The summed E-state index contributed by atoms with van der Waals surface area (Å²) in [6.07, 6.45) is 0.749. The number of nitrogen functional groups attached to an aromatic ring is 1. The van der Waals surface area contributed by atoms with Crippen molar-refractivity contribution in [3.8, 4) is 0 Å². The van der Waals surface area contributed by atoms with Gasteiger partial charge in [0.05, 0.1) is 18.4 Å². The highest BCUT2D eigenvalue weighted by Gasteiger charge is 2.29. The lowest BCUT2D eigenvalue weighted by Gasteiger charge is -2.27. The molecule has 1 aliphatic heterocycles. The van der Waals surface area contributed by atoms with E-state index in [0.717, 1.165) is 41.4 Å². The molecule has 0 aliphatic carbocycles. The minimum absolute atomic E-state index is 0.156. The number of nitrogens with zero attached hydrogens (tertiary/aromatic N) is 1. The number of ether oxygens (including phenoxy) is 1. The van der Waals surface area contributed by atoms with E-state index in [1.54, 1.807) is 0 Å². The second kappa shape index (κ2) is 10.2. The topological polar surface area (TPSA) is 84.7 Å². The van der Waals surface area contributed by atoms with Crippen LogP contribution in [0.25, 0.3) is 0 Å². The first-order valence-corrected chi connectivity index (χ1v) is 12.1. The lowest BCUT2D eigenvalue weighted by molar-refractivity contribution is -0.113. The summed E-state index contributed by atoms with van der Waals surface area (Å²) in [5.41, 5.74) is 9.15. The largest absolute Gasteiger partial charge is 0.465 e. The minimum Gasteiger partial charge on any atom is -0.465 e. The van der Waals surface area contributed by atoms with Crippen molar-refractivity contribution in [1.82, 2.24) is 4.90 Å². The fourth-order valence-electron chi connectivity index (χ4n) is 3.71. The fourth-order valence-corrected chi connectivity index (χ4v) is 5.71. The highest BCUT2D eigenvalue weighted by atomic mass is 32.2. The number of rotatable bonds is 7. The Morgan fingerprint density at radius 1 is 1.16 bits per heavy atom. The van der Waals surface area contributed by atoms with E-state index in [-0.39, 0.29) is 11.7 Å². The van der Waals surface area contributed by atoms with Crippen molar-refractivity contribution in [2.75, 3.05) is 30.5 Å². The molecule has 0 bridgehead atoms. The van der Waals surface area contributed by atoms with Gasteiger partial charge >= 0.3 is 5.97 Å². The van der Waals surface area contributed by atoms with Gasteiger partial charge in [0.2, 0.25) is 5.91 Å². The highest BCUT2D eigenvalue weighted by molar-refractivity contribution is 8.00. The third-order valence-corrected chi connectivity index (χ3v) is 7.42. The van der Waals surface area contributed by atoms with Gasteiger partial charge in [-0.2, -0.15) is 0 Å². The Labute approximate surface area is 195 Å². The molecule has 0 atom stereocenters. The molecule has 32 heavy (non-hydrogen) atoms. The van der Waals surface area contributed by atoms with Crippen molar-refractivity contribution in [1.29, 1.82) is 0 Å². The van der Waals surface area contributed by atoms with Gasteiger partial charge in [0.15, 0.2) is 0 Å². The summed E-state index contributed by atoms with van der Waals surface area (Å²) in [7, 11) is 1.37. The molecule has 0 saturated heterocycles. The fraction of sp³-hybridized carbons (Fsp3) is 0.250. The van der Waals surface area contributed by atoms with E-state index in [2.05, 4.69) is 22.3 Å². The van der Waals surface area contributed by atoms with Crippen LogP contribution in [-0.4, -0.2) is 36.2 Å². The second-order valence-electron chi connectivity index (χ2n) is 7.55.